The number of hydrogen-bond donors (Lipinski definition) is 1. The fraction of sp³-hybridized carbons (Fsp3) is 0.667. The molecular formula is C18H28N2. The molecule has 1 heterocycles. The molecule has 2 heteroatoms. The molecule has 0 spiro atoms. The molecule has 1 saturated heterocycles. The third kappa shape index (κ3) is 3.24. The van der Waals surface area contributed by atoms with E-state index < -0.39 is 0 Å². The van der Waals surface area contributed by atoms with Crippen molar-refractivity contribution < 1.29 is 0 Å². The van der Waals surface area contributed by atoms with E-state index in [0.29, 0.717) is 18.0 Å². The summed E-state index contributed by atoms with van der Waals surface area (Å²) in [6.07, 6.45) is 9.22. The van der Waals surface area contributed by atoms with Crippen LogP contribution in [0, 0.1) is 0 Å². The van der Waals surface area contributed by atoms with Crippen molar-refractivity contribution in [3.8, 4) is 0 Å². The molecule has 0 amide bonds. The van der Waals surface area contributed by atoms with E-state index in [4.69, 9.17) is 5.73 Å². The van der Waals surface area contributed by atoms with Crippen LogP contribution in [-0.2, 0) is 0 Å². The van der Waals surface area contributed by atoms with Crippen LogP contribution in [0.25, 0.3) is 0 Å². The van der Waals surface area contributed by atoms with Crippen molar-refractivity contribution in [2.24, 2.45) is 5.73 Å². The van der Waals surface area contributed by atoms with E-state index in [9.17, 15) is 0 Å². The van der Waals surface area contributed by atoms with E-state index in [2.05, 4.69) is 35.2 Å². The maximum absolute atomic E-state index is 6.46. The number of nitrogens with two attached hydrogens (primary N) is 1. The fourth-order valence-electron chi connectivity index (χ4n) is 4.04. The molecule has 1 aromatic rings. The number of benzene rings is 1. The van der Waals surface area contributed by atoms with Crippen LogP contribution in [0.4, 0.5) is 0 Å². The lowest BCUT2D eigenvalue weighted by molar-refractivity contribution is 0.132. The second-order valence-corrected chi connectivity index (χ2v) is 6.60. The minimum absolute atomic E-state index is 0.382. The first kappa shape index (κ1) is 14.1. The van der Waals surface area contributed by atoms with Crippen LogP contribution in [-0.4, -0.2) is 30.1 Å². The summed E-state index contributed by atoms with van der Waals surface area (Å²) >= 11 is 0. The van der Waals surface area contributed by atoms with E-state index in [1.54, 1.807) is 0 Å². The zero-order valence-electron chi connectivity index (χ0n) is 12.5. The summed E-state index contributed by atoms with van der Waals surface area (Å²) in [5.41, 5.74) is 7.97. The fourth-order valence-corrected chi connectivity index (χ4v) is 4.04. The van der Waals surface area contributed by atoms with Gasteiger partial charge in [0, 0.05) is 12.1 Å². The first-order chi connectivity index (χ1) is 9.84. The largest absolute Gasteiger partial charge is 0.326 e. The van der Waals surface area contributed by atoms with Gasteiger partial charge in [0.15, 0.2) is 0 Å². The zero-order chi connectivity index (χ0) is 13.8. The van der Waals surface area contributed by atoms with Gasteiger partial charge in [0.25, 0.3) is 0 Å². The Balaban J connectivity index is 1.69. The third-order valence-corrected chi connectivity index (χ3v) is 5.25. The van der Waals surface area contributed by atoms with E-state index >= 15 is 0 Å². The van der Waals surface area contributed by atoms with Crippen molar-refractivity contribution in [1.82, 2.24) is 4.90 Å². The Morgan fingerprint density at radius 3 is 2.30 bits per heavy atom. The molecule has 2 aliphatic rings. The molecule has 2 fully saturated rings. The monoisotopic (exact) mass is 272 g/mol. The number of nitrogens with zero attached hydrogens (tertiary/aromatic N) is 1. The van der Waals surface area contributed by atoms with Gasteiger partial charge >= 0.3 is 0 Å². The van der Waals surface area contributed by atoms with Crippen molar-refractivity contribution in [3.63, 3.8) is 0 Å². The summed E-state index contributed by atoms with van der Waals surface area (Å²) in [6.45, 7) is 2.53. The van der Waals surface area contributed by atoms with Crippen LogP contribution < -0.4 is 5.73 Å². The van der Waals surface area contributed by atoms with Gasteiger partial charge in [-0.3, -0.25) is 4.90 Å². The summed E-state index contributed by atoms with van der Waals surface area (Å²) in [6, 6.07) is 12.0. The van der Waals surface area contributed by atoms with Gasteiger partial charge in [-0.25, -0.2) is 0 Å². The molecule has 0 aromatic heterocycles. The smallest absolute Gasteiger partial charge is 0.0253 e. The molecule has 1 aliphatic carbocycles. The molecular weight excluding hydrogens is 244 g/mol. The van der Waals surface area contributed by atoms with E-state index in [1.807, 2.05) is 0 Å². The highest BCUT2D eigenvalue weighted by Crippen LogP contribution is 2.35. The second kappa shape index (κ2) is 6.73. The Bertz CT molecular complexity index is 395. The lowest BCUT2D eigenvalue weighted by Crippen LogP contribution is -2.51. The van der Waals surface area contributed by atoms with E-state index in [1.165, 1.54) is 63.6 Å². The number of rotatable bonds is 2. The predicted molar refractivity (Wildman–Crippen MR) is 84.8 cm³/mol. The number of hydrogen-bond acceptors (Lipinski definition) is 2. The topological polar surface area (TPSA) is 29.3 Å². The van der Waals surface area contributed by atoms with Gasteiger partial charge in [-0.05, 0) is 56.7 Å². The van der Waals surface area contributed by atoms with Crippen LogP contribution in [0.15, 0.2) is 30.3 Å². The molecule has 110 valence electrons. The lowest BCUT2D eigenvalue weighted by atomic mass is 9.78. The molecule has 3 rings (SSSR count). The Kier molecular flexibility index (Phi) is 4.74. The quantitative estimate of drug-likeness (QED) is 0.892. The summed E-state index contributed by atoms with van der Waals surface area (Å²) in [5, 5.41) is 0. The van der Waals surface area contributed by atoms with Gasteiger partial charge in [0.2, 0.25) is 0 Å². The van der Waals surface area contributed by atoms with Crippen LogP contribution in [0.1, 0.15) is 56.4 Å². The van der Waals surface area contributed by atoms with Crippen molar-refractivity contribution in [1.29, 1.82) is 0 Å². The average Bonchev–Trinajstić information content (AvgIpc) is 2.78. The molecule has 20 heavy (non-hydrogen) atoms. The highest BCUT2D eigenvalue weighted by molar-refractivity contribution is 5.21. The molecule has 0 bridgehead atoms. The Labute approximate surface area is 123 Å². The van der Waals surface area contributed by atoms with E-state index in [-0.39, 0.29) is 0 Å². The molecule has 1 saturated carbocycles. The maximum atomic E-state index is 6.46. The minimum Gasteiger partial charge on any atom is -0.326 e. The maximum Gasteiger partial charge on any atom is 0.0253 e. The normalized spacial score (nSPS) is 32.8. The van der Waals surface area contributed by atoms with Crippen molar-refractivity contribution in [2.45, 2.75) is 62.9 Å². The minimum atomic E-state index is 0.382. The second-order valence-electron chi connectivity index (χ2n) is 6.60. The standard InChI is InChI=1S/C18H28N2/c19-17-11-10-16(15-8-4-3-5-9-15)14-18(17)20-12-6-1-2-7-13-20/h3-5,8-9,16-18H,1-2,6-7,10-14,19H2. The summed E-state index contributed by atoms with van der Waals surface area (Å²) in [5.74, 6) is 0.712. The number of likely N-dealkylation sites (tertiary alicyclic amines) is 1. The van der Waals surface area contributed by atoms with Gasteiger partial charge in [-0.1, -0.05) is 43.2 Å². The Morgan fingerprint density at radius 2 is 1.60 bits per heavy atom. The Morgan fingerprint density at radius 1 is 0.900 bits per heavy atom. The zero-order valence-corrected chi connectivity index (χ0v) is 12.5. The van der Waals surface area contributed by atoms with Gasteiger partial charge in [-0.15, -0.1) is 0 Å². The average molecular weight is 272 g/mol. The van der Waals surface area contributed by atoms with Crippen molar-refractivity contribution >= 4 is 0 Å². The first-order valence-electron chi connectivity index (χ1n) is 8.39. The van der Waals surface area contributed by atoms with Crippen LogP contribution >= 0.6 is 0 Å². The molecule has 3 unspecified atom stereocenters. The van der Waals surface area contributed by atoms with Gasteiger partial charge < -0.3 is 5.73 Å². The van der Waals surface area contributed by atoms with Crippen LogP contribution in [0.3, 0.4) is 0 Å². The first-order valence-corrected chi connectivity index (χ1v) is 8.39. The van der Waals surface area contributed by atoms with Gasteiger partial charge in [0.1, 0.15) is 0 Å². The summed E-state index contributed by atoms with van der Waals surface area (Å²) in [4.78, 5) is 2.70. The molecule has 0 radical (unpaired) electrons. The summed E-state index contributed by atoms with van der Waals surface area (Å²) < 4.78 is 0. The van der Waals surface area contributed by atoms with Gasteiger partial charge in [-0.2, -0.15) is 0 Å². The third-order valence-electron chi connectivity index (χ3n) is 5.25. The predicted octanol–water partition coefficient (Wildman–Crippen LogP) is 3.53. The molecule has 1 aromatic carbocycles. The molecule has 2 nitrogen and oxygen atoms in total. The van der Waals surface area contributed by atoms with Crippen molar-refractivity contribution in [3.05, 3.63) is 35.9 Å². The van der Waals surface area contributed by atoms with Crippen LogP contribution in [0.2, 0.25) is 0 Å². The lowest BCUT2D eigenvalue weighted by Gasteiger charge is -2.41. The molecule has 3 atom stereocenters. The highest BCUT2D eigenvalue weighted by atomic mass is 15.2. The Hall–Kier alpha value is -0.860. The van der Waals surface area contributed by atoms with Crippen LogP contribution in [0.5, 0.6) is 0 Å². The van der Waals surface area contributed by atoms with Crippen molar-refractivity contribution in [2.75, 3.05) is 13.1 Å². The summed E-state index contributed by atoms with van der Waals surface area (Å²) in [7, 11) is 0. The molecule has 2 N–H and O–H groups in total. The molecule has 1 aliphatic heterocycles. The SMILES string of the molecule is NC1CCC(c2ccccc2)CC1N1CCCCCC1. The van der Waals surface area contributed by atoms with E-state index in [0.717, 1.165) is 0 Å². The van der Waals surface area contributed by atoms with Gasteiger partial charge in [0.05, 0.1) is 0 Å². The highest BCUT2D eigenvalue weighted by Gasteiger charge is 2.32.